The van der Waals surface area contributed by atoms with E-state index >= 15 is 0 Å². The highest BCUT2D eigenvalue weighted by Gasteiger charge is 2.14. The Morgan fingerprint density at radius 3 is 2.43 bits per heavy atom. The van der Waals surface area contributed by atoms with Gasteiger partial charge in [-0.2, -0.15) is 0 Å². The molecule has 0 aliphatic carbocycles. The number of hydrogen-bond donors (Lipinski definition) is 2. The lowest BCUT2D eigenvalue weighted by Crippen LogP contribution is -2.23. The number of carbonyl (C=O) groups excluding carboxylic acids is 1. The third kappa shape index (κ3) is 3.90. The molecule has 0 heterocycles. The van der Waals surface area contributed by atoms with E-state index in [1.54, 1.807) is 36.4 Å². The van der Waals surface area contributed by atoms with Crippen LogP contribution in [-0.2, 0) is 16.6 Å². The number of nitrogens with two attached hydrogens (primary N) is 1. The second kappa shape index (κ2) is 6.07. The minimum Gasteiger partial charge on any atom is -0.399 e. The van der Waals surface area contributed by atoms with Gasteiger partial charge in [-0.15, -0.1) is 0 Å². The van der Waals surface area contributed by atoms with E-state index in [0.29, 0.717) is 11.3 Å². The van der Waals surface area contributed by atoms with E-state index in [2.05, 4.69) is 4.72 Å². The van der Waals surface area contributed by atoms with Crippen molar-refractivity contribution in [3.8, 4) is 0 Å². The molecule has 0 amide bonds. The van der Waals surface area contributed by atoms with Gasteiger partial charge in [0.15, 0.2) is 5.78 Å². The molecule has 0 spiro atoms. The first kappa shape index (κ1) is 15.2. The molecule has 0 atom stereocenters. The van der Waals surface area contributed by atoms with Crippen LogP contribution in [0.15, 0.2) is 53.4 Å². The van der Waals surface area contributed by atoms with Crippen LogP contribution in [0.25, 0.3) is 0 Å². The molecule has 2 aromatic rings. The number of nitrogen functional groups attached to an aromatic ring is 1. The first-order valence-electron chi connectivity index (χ1n) is 6.33. The molecule has 0 radical (unpaired) electrons. The van der Waals surface area contributed by atoms with Gasteiger partial charge in [-0.1, -0.05) is 24.3 Å². The zero-order valence-corrected chi connectivity index (χ0v) is 12.4. The summed E-state index contributed by atoms with van der Waals surface area (Å²) in [6.07, 6.45) is 0. The third-order valence-electron chi connectivity index (χ3n) is 3.00. The van der Waals surface area contributed by atoms with Crippen LogP contribution in [0.2, 0.25) is 0 Å². The van der Waals surface area contributed by atoms with Gasteiger partial charge in [0.2, 0.25) is 10.0 Å². The maximum absolute atomic E-state index is 12.2. The molecular formula is C15H16N2O3S. The Bertz CT molecular complexity index is 753. The Kier molecular flexibility index (Phi) is 4.40. The summed E-state index contributed by atoms with van der Waals surface area (Å²) in [4.78, 5) is 11.4. The van der Waals surface area contributed by atoms with E-state index < -0.39 is 10.0 Å². The Hall–Kier alpha value is -2.18. The first-order valence-corrected chi connectivity index (χ1v) is 7.82. The average molecular weight is 304 g/mol. The lowest BCUT2D eigenvalue weighted by atomic mass is 10.2. The topological polar surface area (TPSA) is 89.3 Å². The van der Waals surface area contributed by atoms with Gasteiger partial charge >= 0.3 is 0 Å². The quantitative estimate of drug-likeness (QED) is 0.652. The molecule has 2 rings (SSSR count). The van der Waals surface area contributed by atoms with Gasteiger partial charge in [-0.05, 0) is 36.8 Å². The number of rotatable bonds is 5. The molecular weight excluding hydrogens is 288 g/mol. The highest BCUT2D eigenvalue weighted by molar-refractivity contribution is 7.89. The van der Waals surface area contributed by atoms with Gasteiger partial charge in [0.1, 0.15) is 0 Å². The van der Waals surface area contributed by atoms with Crippen LogP contribution in [-0.4, -0.2) is 14.2 Å². The predicted molar refractivity (Wildman–Crippen MR) is 81.3 cm³/mol. The number of hydrogen-bond acceptors (Lipinski definition) is 4. The summed E-state index contributed by atoms with van der Waals surface area (Å²) in [5.74, 6) is -0.175. The maximum Gasteiger partial charge on any atom is 0.240 e. The normalized spacial score (nSPS) is 11.3. The minimum absolute atomic E-state index is 0.0747. The monoisotopic (exact) mass is 304 g/mol. The van der Waals surface area contributed by atoms with E-state index in [4.69, 9.17) is 5.73 Å². The van der Waals surface area contributed by atoms with E-state index in [-0.39, 0.29) is 17.2 Å². The van der Waals surface area contributed by atoms with Crippen molar-refractivity contribution < 1.29 is 13.2 Å². The molecule has 0 aromatic heterocycles. The Morgan fingerprint density at radius 1 is 1.14 bits per heavy atom. The van der Waals surface area contributed by atoms with Crippen LogP contribution in [0.5, 0.6) is 0 Å². The minimum atomic E-state index is -3.66. The predicted octanol–water partition coefficient (Wildman–Crippen LogP) is 1.95. The van der Waals surface area contributed by atoms with Crippen LogP contribution in [0.1, 0.15) is 22.8 Å². The van der Waals surface area contributed by atoms with Crippen molar-refractivity contribution in [1.29, 1.82) is 0 Å². The zero-order valence-electron chi connectivity index (χ0n) is 11.5. The molecule has 5 nitrogen and oxygen atoms in total. The lowest BCUT2D eigenvalue weighted by Gasteiger charge is -2.08. The van der Waals surface area contributed by atoms with Gasteiger partial charge in [-0.3, -0.25) is 4.79 Å². The number of Topliss-reactive ketones (excluding diaryl/α,β-unsaturated/α-hetero) is 1. The maximum atomic E-state index is 12.2. The van der Waals surface area contributed by atoms with Gasteiger partial charge in [0.05, 0.1) is 4.90 Å². The van der Waals surface area contributed by atoms with Crippen LogP contribution in [0.3, 0.4) is 0 Å². The third-order valence-corrected chi connectivity index (χ3v) is 4.40. The van der Waals surface area contributed by atoms with Crippen molar-refractivity contribution in [2.45, 2.75) is 18.4 Å². The number of ketones is 1. The fourth-order valence-electron chi connectivity index (χ4n) is 1.78. The van der Waals surface area contributed by atoms with Crippen LogP contribution >= 0.6 is 0 Å². The molecule has 21 heavy (non-hydrogen) atoms. The summed E-state index contributed by atoms with van der Waals surface area (Å²) < 4.78 is 26.9. The number of sulfonamides is 1. The summed E-state index contributed by atoms with van der Waals surface area (Å²) in [5.41, 5.74) is 7.36. The molecule has 0 aliphatic rings. The molecule has 2 aromatic carbocycles. The van der Waals surface area contributed by atoms with Crippen molar-refractivity contribution in [3.05, 3.63) is 59.7 Å². The zero-order chi connectivity index (χ0) is 15.5. The van der Waals surface area contributed by atoms with E-state index in [1.165, 1.54) is 19.1 Å². The summed E-state index contributed by atoms with van der Waals surface area (Å²) in [5, 5.41) is 0. The largest absolute Gasteiger partial charge is 0.399 e. The average Bonchev–Trinajstić information content (AvgIpc) is 2.47. The van der Waals surface area contributed by atoms with Crippen molar-refractivity contribution in [3.63, 3.8) is 0 Å². The SMILES string of the molecule is CC(=O)c1cccc(S(=O)(=O)NCc2ccc(N)cc2)c1. The lowest BCUT2D eigenvalue weighted by molar-refractivity contribution is 0.101. The molecule has 6 heteroatoms. The number of carbonyl (C=O) groups is 1. The van der Waals surface area contributed by atoms with Gasteiger partial charge in [-0.25, -0.2) is 13.1 Å². The number of anilines is 1. The van der Waals surface area contributed by atoms with Crippen LogP contribution < -0.4 is 10.5 Å². The first-order chi connectivity index (χ1) is 9.88. The Morgan fingerprint density at radius 2 is 1.81 bits per heavy atom. The standard InChI is InChI=1S/C15H16N2O3S/c1-11(18)13-3-2-4-15(9-13)21(19,20)17-10-12-5-7-14(16)8-6-12/h2-9,17H,10,16H2,1H3. The van der Waals surface area contributed by atoms with Gasteiger partial charge < -0.3 is 5.73 Å². The van der Waals surface area contributed by atoms with Crippen molar-refractivity contribution in [2.24, 2.45) is 0 Å². The molecule has 0 fully saturated rings. The van der Waals surface area contributed by atoms with Crippen molar-refractivity contribution in [1.82, 2.24) is 4.72 Å². The fraction of sp³-hybridized carbons (Fsp3) is 0.133. The highest BCUT2D eigenvalue weighted by atomic mass is 32.2. The number of nitrogens with one attached hydrogen (secondary N) is 1. The van der Waals surface area contributed by atoms with Gasteiger partial charge in [0.25, 0.3) is 0 Å². The summed E-state index contributed by atoms with van der Waals surface area (Å²) in [6, 6.07) is 12.9. The summed E-state index contributed by atoms with van der Waals surface area (Å²) in [6.45, 7) is 1.56. The number of benzene rings is 2. The molecule has 0 saturated carbocycles. The van der Waals surface area contributed by atoms with Crippen molar-refractivity contribution >= 4 is 21.5 Å². The van der Waals surface area contributed by atoms with E-state index in [1.807, 2.05) is 0 Å². The van der Waals surface area contributed by atoms with E-state index in [9.17, 15) is 13.2 Å². The molecule has 0 unspecified atom stereocenters. The molecule has 110 valence electrons. The highest BCUT2D eigenvalue weighted by Crippen LogP contribution is 2.13. The Labute approximate surface area is 123 Å². The summed E-state index contributed by atoms with van der Waals surface area (Å²) in [7, 11) is -3.66. The molecule has 3 N–H and O–H groups in total. The second-order valence-electron chi connectivity index (χ2n) is 4.65. The van der Waals surface area contributed by atoms with Gasteiger partial charge in [0, 0.05) is 17.8 Å². The summed E-state index contributed by atoms with van der Waals surface area (Å²) >= 11 is 0. The fourth-order valence-corrected chi connectivity index (χ4v) is 2.84. The molecule has 0 bridgehead atoms. The molecule has 0 saturated heterocycles. The van der Waals surface area contributed by atoms with Crippen molar-refractivity contribution in [2.75, 3.05) is 5.73 Å². The smallest absolute Gasteiger partial charge is 0.240 e. The van der Waals surface area contributed by atoms with Crippen LogP contribution in [0.4, 0.5) is 5.69 Å². The molecule has 0 aliphatic heterocycles. The van der Waals surface area contributed by atoms with E-state index in [0.717, 1.165) is 5.56 Å². The Balaban J connectivity index is 2.16. The van der Waals surface area contributed by atoms with Crippen LogP contribution in [0, 0.1) is 0 Å². The second-order valence-corrected chi connectivity index (χ2v) is 6.42.